The normalized spacial score (nSPS) is 9.82. The highest BCUT2D eigenvalue weighted by Crippen LogP contribution is 2.06. The van der Waals surface area contributed by atoms with Gasteiger partial charge in [-0.1, -0.05) is 6.58 Å². The number of benzene rings is 1. The van der Waals surface area contributed by atoms with E-state index in [0.717, 1.165) is 30.3 Å². The molecule has 17 heavy (non-hydrogen) atoms. The quantitative estimate of drug-likeness (QED) is 0.630. The van der Waals surface area contributed by atoms with E-state index >= 15 is 0 Å². The molecule has 0 saturated heterocycles. The summed E-state index contributed by atoms with van der Waals surface area (Å²) < 4.78 is 37.6. The van der Waals surface area contributed by atoms with E-state index in [1.807, 2.05) is 0 Å². The number of methoxy groups -OCH3 is 1. The number of esters is 1. The molecule has 5 nitrogen and oxygen atoms in total. The molecule has 0 atom stereocenters. The summed E-state index contributed by atoms with van der Waals surface area (Å²) in [6.07, 6.45) is 1.11. The largest absolute Gasteiger partial charge is 0.466 e. The van der Waals surface area contributed by atoms with E-state index in [1.165, 1.54) is 7.11 Å². The Hall–Kier alpha value is -1.73. The van der Waals surface area contributed by atoms with Gasteiger partial charge in [0, 0.05) is 6.08 Å². The molecule has 0 aliphatic heterocycles. The van der Waals surface area contributed by atoms with Crippen molar-refractivity contribution in [1.82, 2.24) is 0 Å². The number of primary sulfonamides is 1. The highest BCUT2D eigenvalue weighted by molar-refractivity contribution is 7.89. The molecule has 1 aromatic carbocycles. The molecular weight excluding hydrogens is 249 g/mol. The summed E-state index contributed by atoms with van der Waals surface area (Å²) in [5, 5.41) is 4.76. The molecule has 0 heterocycles. The van der Waals surface area contributed by atoms with Crippen molar-refractivity contribution in [3.05, 3.63) is 42.7 Å². The summed E-state index contributed by atoms with van der Waals surface area (Å²) in [7, 11) is -2.38. The van der Waals surface area contributed by atoms with Crippen LogP contribution in [-0.2, 0) is 19.6 Å². The molecule has 0 saturated carbocycles. The number of hydrogen-bond acceptors (Lipinski definition) is 4. The molecule has 0 spiro atoms. The maximum atomic E-state index is 12.2. The van der Waals surface area contributed by atoms with Gasteiger partial charge in [0.05, 0.1) is 12.0 Å². The first-order valence-corrected chi connectivity index (χ1v) is 5.84. The van der Waals surface area contributed by atoms with Crippen molar-refractivity contribution in [3.63, 3.8) is 0 Å². The van der Waals surface area contributed by atoms with E-state index in [2.05, 4.69) is 11.3 Å². The minimum atomic E-state index is -3.69. The lowest BCUT2D eigenvalue weighted by atomic mass is 10.4. The monoisotopic (exact) mass is 261 g/mol. The third-order valence-electron chi connectivity index (χ3n) is 1.51. The van der Waals surface area contributed by atoms with Crippen LogP contribution in [0.25, 0.3) is 0 Å². The van der Waals surface area contributed by atoms with Crippen LogP contribution >= 0.6 is 0 Å². The summed E-state index contributed by atoms with van der Waals surface area (Å²) in [4.78, 5) is 9.76. The first-order valence-electron chi connectivity index (χ1n) is 4.30. The fraction of sp³-hybridized carbons (Fsp3) is 0.100. The number of carbonyl (C=O) groups is 1. The topological polar surface area (TPSA) is 86.5 Å². The lowest BCUT2D eigenvalue weighted by Crippen LogP contribution is -2.11. The van der Waals surface area contributed by atoms with Crippen LogP contribution in [0.3, 0.4) is 0 Å². The molecule has 1 aromatic rings. The molecular formula is C10H12FNO4S. The van der Waals surface area contributed by atoms with Crippen molar-refractivity contribution >= 4 is 16.0 Å². The molecule has 0 fully saturated rings. The Labute approximate surface area is 98.7 Å². The summed E-state index contributed by atoms with van der Waals surface area (Å²) in [5.41, 5.74) is 0. The first kappa shape index (κ1) is 15.3. The van der Waals surface area contributed by atoms with Gasteiger partial charge >= 0.3 is 5.97 Å². The second-order valence-corrected chi connectivity index (χ2v) is 4.29. The van der Waals surface area contributed by atoms with Gasteiger partial charge in [0.15, 0.2) is 0 Å². The molecule has 0 unspecified atom stereocenters. The smallest absolute Gasteiger partial charge is 0.329 e. The summed E-state index contributed by atoms with van der Waals surface area (Å²) in [6.45, 7) is 3.16. The number of hydrogen-bond donors (Lipinski definition) is 1. The van der Waals surface area contributed by atoms with Gasteiger partial charge in [-0.05, 0) is 24.3 Å². The SMILES string of the molecule is C=CC(=O)OC.NS(=O)(=O)c1ccc(F)cc1. The van der Waals surface area contributed by atoms with Crippen molar-refractivity contribution < 1.29 is 22.3 Å². The third kappa shape index (κ3) is 6.44. The number of rotatable bonds is 2. The van der Waals surface area contributed by atoms with Crippen LogP contribution in [0.4, 0.5) is 4.39 Å². The molecule has 0 radical (unpaired) electrons. The number of halogens is 1. The predicted molar refractivity (Wildman–Crippen MR) is 60.0 cm³/mol. The van der Waals surface area contributed by atoms with Crippen molar-refractivity contribution in [1.29, 1.82) is 0 Å². The van der Waals surface area contributed by atoms with Crippen molar-refractivity contribution in [3.8, 4) is 0 Å². The molecule has 0 aromatic heterocycles. The van der Waals surface area contributed by atoms with Crippen molar-refractivity contribution in [2.75, 3.05) is 7.11 Å². The highest BCUT2D eigenvalue weighted by atomic mass is 32.2. The summed E-state index contributed by atoms with van der Waals surface area (Å²) in [5.74, 6) is -0.882. The maximum Gasteiger partial charge on any atom is 0.329 e. The average Bonchev–Trinajstić information content (AvgIpc) is 2.28. The average molecular weight is 261 g/mol. The van der Waals surface area contributed by atoms with Crippen LogP contribution in [0.2, 0.25) is 0 Å². The molecule has 0 aliphatic rings. The van der Waals surface area contributed by atoms with Crippen LogP contribution < -0.4 is 5.14 Å². The van der Waals surface area contributed by atoms with Gasteiger partial charge in [-0.2, -0.15) is 0 Å². The zero-order valence-corrected chi connectivity index (χ0v) is 9.91. The molecule has 0 aliphatic carbocycles. The first-order chi connectivity index (χ1) is 7.81. The lowest BCUT2D eigenvalue weighted by Gasteiger charge is -1.95. The second-order valence-electron chi connectivity index (χ2n) is 2.73. The lowest BCUT2D eigenvalue weighted by molar-refractivity contribution is -0.134. The standard InChI is InChI=1S/C6H6FNO2S.C4H6O2/c7-5-1-3-6(4-2-5)11(8,9)10;1-3-4(5)6-2/h1-4H,(H2,8,9,10);3H,1H2,2H3. The van der Waals surface area contributed by atoms with Gasteiger partial charge in [0.2, 0.25) is 10.0 Å². The van der Waals surface area contributed by atoms with Crippen LogP contribution in [-0.4, -0.2) is 21.5 Å². The maximum absolute atomic E-state index is 12.2. The van der Waals surface area contributed by atoms with Crippen LogP contribution in [0.1, 0.15) is 0 Å². The van der Waals surface area contributed by atoms with Gasteiger partial charge < -0.3 is 4.74 Å². The second kappa shape index (κ2) is 6.77. The van der Waals surface area contributed by atoms with Crippen LogP contribution in [0.5, 0.6) is 0 Å². The molecule has 0 amide bonds. The van der Waals surface area contributed by atoms with Gasteiger partial charge in [-0.25, -0.2) is 22.7 Å². The fourth-order valence-corrected chi connectivity index (χ4v) is 1.22. The van der Waals surface area contributed by atoms with E-state index in [9.17, 15) is 17.6 Å². The molecule has 2 N–H and O–H groups in total. The van der Waals surface area contributed by atoms with E-state index in [0.29, 0.717) is 0 Å². The van der Waals surface area contributed by atoms with Gasteiger partial charge in [0.1, 0.15) is 5.82 Å². The van der Waals surface area contributed by atoms with Crippen LogP contribution in [0, 0.1) is 5.82 Å². The van der Waals surface area contributed by atoms with Gasteiger partial charge in [-0.15, -0.1) is 0 Å². The minimum absolute atomic E-state index is 0.0844. The Morgan fingerprint density at radius 2 is 1.88 bits per heavy atom. The fourth-order valence-electron chi connectivity index (χ4n) is 0.708. The molecule has 0 bridgehead atoms. The van der Waals surface area contributed by atoms with Gasteiger partial charge in [-0.3, -0.25) is 0 Å². The highest BCUT2D eigenvalue weighted by Gasteiger charge is 2.05. The zero-order valence-electron chi connectivity index (χ0n) is 9.09. The predicted octanol–water partition coefficient (Wildman–Crippen LogP) is 0.819. The van der Waals surface area contributed by atoms with E-state index in [4.69, 9.17) is 5.14 Å². The van der Waals surface area contributed by atoms with Gasteiger partial charge in [0.25, 0.3) is 0 Å². The number of ether oxygens (including phenoxy) is 1. The molecule has 1 rings (SSSR count). The van der Waals surface area contributed by atoms with E-state index in [1.54, 1.807) is 0 Å². The Morgan fingerprint density at radius 3 is 2.12 bits per heavy atom. The van der Waals surface area contributed by atoms with Crippen molar-refractivity contribution in [2.45, 2.75) is 4.90 Å². The number of nitrogens with two attached hydrogens (primary N) is 1. The van der Waals surface area contributed by atoms with E-state index in [-0.39, 0.29) is 4.90 Å². The summed E-state index contributed by atoms with van der Waals surface area (Å²) in [6, 6.07) is 4.31. The summed E-state index contributed by atoms with van der Waals surface area (Å²) >= 11 is 0. The Balaban J connectivity index is 0.000000366. The van der Waals surface area contributed by atoms with Crippen molar-refractivity contribution in [2.24, 2.45) is 5.14 Å². The number of carbonyl (C=O) groups excluding carboxylic acids is 1. The zero-order chi connectivity index (χ0) is 13.5. The molecule has 94 valence electrons. The Kier molecular flexibility index (Phi) is 6.08. The molecule has 7 heteroatoms. The van der Waals surface area contributed by atoms with Crippen LogP contribution in [0.15, 0.2) is 41.8 Å². The number of sulfonamides is 1. The Morgan fingerprint density at radius 1 is 1.41 bits per heavy atom. The van der Waals surface area contributed by atoms with E-state index < -0.39 is 21.8 Å². The Bertz CT molecular complexity index is 482. The third-order valence-corrected chi connectivity index (χ3v) is 2.44. The minimum Gasteiger partial charge on any atom is -0.466 e.